The number of nitriles is 1. The lowest BCUT2D eigenvalue weighted by Crippen LogP contribution is -2.16. The summed E-state index contributed by atoms with van der Waals surface area (Å²) in [5, 5.41) is 8.53. The molecule has 0 heterocycles. The van der Waals surface area contributed by atoms with E-state index in [0.29, 0.717) is 6.54 Å². The van der Waals surface area contributed by atoms with Crippen molar-refractivity contribution in [2.24, 2.45) is 0 Å². The Morgan fingerprint density at radius 3 is 2.54 bits per heavy atom. The molecule has 0 radical (unpaired) electrons. The van der Waals surface area contributed by atoms with Gasteiger partial charge in [-0.25, -0.2) is 0 Å². The van der Waals surface area contributed by atoms with Crippen molar-refractivity contribution in [3.63, 3.8) is 0 Å². The Labute approximate surface area is 79.4 Å². The summed E-state index contributed by atoms with van der Waals surface area (Å²) in [6.07, 6.45) is 0. The lowest BCUT2D eigenvalue weighted by molar-refractivity contribution is 1.03. The fraction of sp³-hybridized carbons (Fsp3) is 0.364. The maximum atomic E-state index is 8.53. The van der Waals surface area contributed by atoms with Crippen LogP contribution in [0.15, 0.2) is 18.2 Å². The average Bonchev–Trinajstić information content (AvgIpc) is 2.10. The zero-order valence-corrected chi connectivity index (χ0v) is 8.33. The number of nitrogens with zero attached hydrogens (tertiary/aromatic N) is 2. The molecule has 1 rings (SSSR count). The summed E-state index contributed by atoms with van der Waals surface area (Å²) in [7, 11) is 1.92. The Kier molecular flexibility index (Phi) is 2.92. The van der Waals surface area contributed by atoms with Gasteiger partial charge < -0.3 is 4.90 Å². The number of benzene rings is 1. The van der Waals surface area contributed by atoms with Gasteiger partial charge in [0.2, 0.25) is 0 Å². The van der Waals surface area contributed by atoms with Crippen molar-refractivity contribution in [3.8, 4) is 6.07 Å². The van der Waals surface area contributed by atoms with E-state index in [1.54, 1.807) is 0 Å². The van der Waals surface area contributed by atoms with Crippen LogP contribution in [0.25, 0.3) is 0 Å². The van der Waals surface area contributed by atoms with Gasteiger partial charge in [0.1, 0.15) is 6.54 Å². The molecule has 1 aromatic rings. The molecule has 1 aromatic carbocycles. The van der Waals surface area contributed by atoms with Gasteiger partial charge in [0.25, 0.3) is 0 Å². The second kappa shape index (κ2) is 3.95. The number of hydrogen-bond donors (Lipinski definition) is 0. The van der Waals surface area contributed by atoms with E-state index >= 15 is 0 Å². The van der Waals surface area contributed by atoms with Crippen molar-refractivity contribution >= 4 is 5.69 Å². The van der Waals surface area contributed by atoms with Crippen LogP contribution in [0.2, 0.25) is 0 Å². The number of aryl methyl sites for hydroxylation is 2. The smallest absolute Gasteiger partial charge is 0.105 e. The average molecular weight is 174 g/mol. The van der Waals surface area contributed by atoms with Crippen LogP contribution >= 0.6 is 0 Å². The number of rotatable bonds is 2. The lowest BCUT2D eigenvalue weighted by atomic mass is 10.1. The van der Waals surface area contributed by atoms with Crippen molar-refractivity contribution in [3.05, 3.63) is 29.3 Å². The van der Waals surface area contributed by atoms with Crippen LogP contribution < -0.4 is 4.90 Å². The molecule has 0 aliphatic rings. The van der Waals surface area contributed by atoms with E-state index in [0.717, 1.165) is 5.69 Å². The highest BCUT2D eigenvalue weighted by Gasteiger charge is 2.00. The molecule has 0 N–H and O–H groups in total. The van der Waals surface area contributed by atoms with Crippen molar-refractivity contribution < 1.29 is 0 Å². The van der Waals surface area contributed by atoms with Crippen molar-refractivity contribution in [1.29, 1.82) is 5.26 Å². The van der Waals surface area contributed by atoms with Gasteiger partial charge in [0, 0.05) is 12.7 Å². The van der Waals surface area contributed by atoms with Gasteiger partial charge in [-0.3, -0.25) is 0 Å². The molecule has 13 heavy (non-hydrogen) atoms. The minimum Gasteiger partial charge on any atom is -0.361 e. The lowest BCUT2D eigenvalue weighted by Gasteiger charge is -2.16. The highest BCUT2D eigenvalue weighted by atomic mass is 15.1. The molecule has 0 spiro atoms. The van der Waals surface area contributed by atoms with Gasteiger partial charge in [-0.2, -0.15) is 5.26 Å². The van der Waals surface area contributed by atoms with E-state index in [1.165, 1.54) is 11.1 Å². The van der Waals surface area contributed by atoms with E-state index < -0.39 is 0 Å². The minimum absolute atomic E-state index is 0.433. The van der Waals surface area contributed by atoms with Gasteiger partial charge in [0.05, 0.1) is 6.07 Å². The van der Waals surface area contributed by atoms with Crippen LogP contribution in [-0.2, 0) is 0 Å². The van der Waals surface area contributed by atoms with Crippen LogP contribution in [0.4, 0.5) is 5.69 Å². The predicted molar refractivity (Wildman–Crippen MR) is 54.8 cm³/mol. The van der Waals surface area contributed by atoms with Crippen molar-refractivity contribution in [2.75, 3.05) is 18.5 Å². The second-order valence-corrected chi connectivity index (χ2v) is 3.28. The molecule has 2 nitrogen and oxygen atoms in total. The van der Waals surface area contributed by atoms with E-state index in [2.05, 4.69) is 32.0 Å². The standard InChI is InChI=1S/C11H14N2/c1-9-4-5-11(8-10(9)2)13(3)7-6-12/h4-5,8H,7H2,1-3H3. The Morgan fingerprint density at radius 1 is 1.31 bits per heavy atom. The summed E-state index contributed by atoms with van der Waals surface area (Å²) in [5.74, 6) is 0. The zero-order valence-electron chi connectivity index (χ0n) is 8.33. The summed E-state index contributed by atoms with van der Waals surface area (Å²) in [6.45, 7) is 4.60. The van der Waals surface area contributed by atoms with E-state index in [9.17, 15) is 0 Å². The molecular weight excluding hydrogens is 160 g/mol. The monoisotopic (exact) mass is 174 g/mol. The molecule has 0 unspecified atom stereocenters. The normalized spacial score (nSPS) is 9.38. The highest BCUT2D eigenvalue weighted by molar-refractivity contribution is 5.50. The molecule has 0 atom stereocenters. The SMILES string of the molecule is Cc1ccc(N(C)CC#N)cc1C. The highest BCUT2D eigenvalue weighted by Crippen LogP contribution is 2.16. The second-order valence-electron chi connectivity index (χ2n) is 3.28. The summed E-state index contributed by atoms with van der Waals surface area (Å²) < 4.78 is 0. The third-order valence-corrected chi connectivity index (χ3v) is 2.24. The van der Waals surface area contributed by atoms with Crippen molar-refractivity contribution in [1.82, 2.24) is 0 Å². The molecular formula is C11H14N2. The fourth-order valence-electron chi connectivity index (χ4n) is 1.16. The predicted octanol–water partition coefficient (Wildman–Crippen LogP) is 2.26. The van der Waals surface area contributed by atoms with Gasteiger partial charge >= 0.3 is 0 Å². The van der Waals surface area contributed by atoms with Crippen molar-refractivity contribution in [2.45, 2.75) is 13.8 Å². The van der Waals surface area contributed by atoms with Gasteiger partial charge in [-0.1, -0.05) is 6.07 Å². The summed E-state index contributed by atoms with van der Waals surface area (Å²) in [6, 6.07) is 8.35. The zero-order chi connectivity index (χ0) is 9.84. The van der Waals surface area contributed by atoms with Crippen LogP contribution in [0.1, 0.15) is 11.1 Å². The molecule has 0 aliphatic heterocycles. The molecule has 0 bridgehead atoms. The molecule has 0 aromatic heterocycles. The van der Waals surface area contributed by atoms with E-state index in [-0.39, 0.29) is 0 Å². The molecule has 0 saturated heterocycles. The number of anilines is 1. The van der Waals surface area contributed by atoms with Crippen LogP contribution in [0, 0.1) is 25.2 Å². The minimum atomic E-state index is 0.433. The first-order chi connectivity index (χ1) is 6.15. The first-order valence-corrected chi connectivity index (χ1v) is 4.30. The molecule has 2 heteroatoms. The fourth-order valence-corrected chi connectivity index (χ4v) is 1.16. The Balaban J connectivity index is 2.91. The van der Waals surface area contributed by atoms with Crippen LogP contribution in [0.3, 0.4) is 0 Å². The maximum Gasteiger partial charge on any atom is 0.105 e. The number of hydrogen-bond acceptors (Lipinski definition) is 2. The van der Waals surface area contributed by atoms with E-state index in [4.69, 9.17) is 5.26 Å². The molecule has 0 aliphatic carbocycles. The molecule has 0 fully saturated rings. The summed E-state index contributed by atoms with van der Waals surface area (Å²) in [4.78, 5) is 1.94. The largest absolute Gasteiger partial charge is 0.361 e. The molecule has 0 saturated carbocycles. The Hall–Kier alpha value is -1.49. The summed E-state index contributed by atoms with van der Waals surface area (Å²) in [5.41, 5.74) is 3.65. The third-order valence-electron chi connectivity index (χ3n) is 2.24. The molecule has 68 valence electrons. The molecule has 0 amide bonds. The van der Waals surface area contributed by atoms with Gasteiger partial charge in [0.15, 0.2) is 0 Å². The Morgan fingerprint density at radius 2 is 2.00 bits per heavy atom. The van der Waals surface area contributed by atoms with Crippen LogP contribution in [0.5, 0.6) is 0 Å². The topological polar surface area (TPSA) is 27.0 Å². The first kappa shape index (κ1) is 9.60. The Bertz CT molecular complexity index is 336. The third kappa shape index (κ3) is 2.22. The maximum absolute atomic E-state index is 8.53. The van der Waals surface area contributed by atoms with Crippen LogP contribution in [-0.4, -0.2) is 13.6 Å². The van der Waals surface area contributed by atoms with E-state index in [1.807, 2.05) is 18.0 Å². The quantitative estimate of drug-likeness (QED) is 0.643. The van der Waals surface area contributed by atoms with Gasteiger partial charge in [-0.05, 0) is 37.1 Å². The first-order valence-electron chi connectivity index (χ1n) is 4.30. The van der Waals surface area contributed by atoms with Gasteiger partial charge in [-0.15, -0.1) is 0 Å². The summed E-state index contributed by atoms with van der Waals surface area (Å²) >= 11 is 0.